The van der Waals surface area contributed by atoms with Crippen molar-refractivity contribution in [2.24, 2.45) is 0 Å². The molecule has 0 atom stereocenters. The number of hydrogen-bond acceptors (Lipinski definition) is 4. The highest BCUT2D eigenvalue weighted by molar-refractivity contribution is 5.78. The fraction of sp³-hybridized carbons (Fsp3) is 0.929. The predicted molar refractivity (Wildman–Crippen MR) is 70.7 cm³/mol. The Morgan fingerprint density at radius 1 is 1.16 bits per heavy atom. The lowest BCUT2D eigenvalue weighted by Crippen LogP contribution is -2.50. The topological polar surface area (TPSA) is 50.8 Å². The molecule has 1 saturated carbocycles. The third kappa shape index (κ3) is 3.09. The Hall–Kier alpha value is -0.650. The molecule has 5 heteroatoms. The number of piperidine rings is 1. The third-order valence-electron chi connectivity index (χ3n) is 4.59. The highest BCUT2D eigenvalue weighted by Crippen LogP contribution is 2.31. The highest BCUT2D eigenvalue weighted by atomic mass is 16.7. The van der Waals surface area contributed by atoms with Crippen LogP contribution in [0, 0.1) is 0 Å². The lowest BCUT2D eigenvalue weighted by atomic mass is 10.0. The van der Waals surface area contributed by atoms with Gasteiger partial charge in [-0.05, 0) is 12.8 Å². The summed E-state index contributed by atoms with van der Waals surface area (Å²) in [6.07, 6.45) is 6.65. The van der Waals surface area contributed by atoms with Crippen molar-refractivity contribution in [3.63, 3.8) is 0 Å². The number of carbonyl (C=O) groups excluding carboxylic acids is 1. The SMILES string of the molecule is O=C(CNC1CCCC1)N1CCC2(CC1)OCCO2. The van der Waals surface area contributed by atoms with E-state index in [0.717, 1.165) is 25.9 Å². The van der Waals surface area contributed by atoms with Crippen molar-refractivity contribution in [2.75, 3.05) is 32.8 Å². The van der Waals surface area contributed by atoms with Crippen molar-refractivity contribution in [3.8, 4) is 0 Å². The summed E-state index contributed by atoms with van der Waals surface area (Å²) in [6, 6.07) is 0.557. The average Bonchev–Trinajstić information content (AvgIpc) is 3.09. The first-order valence-corrected chi connectivity index (χ1v) is 7.57. The molecule has 1 N–H and O–H groups in total. The molecule has 3 fully saturated rings. The molecular formula is C14H24N2O3. The second-order valence-electron chi connectivity index (χ2n) is 5.85. The van der Waals surface area contributed by atoms with Gasteiger partial charge in [-0.15, -0.1) is 0 Å². The van der Waals surface area contributed by atoms with E-state index in [4.69, 9.17) is 9.47 Å². The summed E-state index contributed by atoms with van der Waals surface area (Å²) in [5.74, 6) is -0.157. The van der Waals surface area contributed by atoms with E-state index >= 15 is 0 Å². The van der Waals surface area contributed by atoms with Crippen molar-refractivity contribution in [1.29, 1.82) is 0 Å². The van der Waals surface area contributed by atoms with Crippen LogP contribution in [0.4, 0.5) is 0 Å². The number of ether oxygens (including phenoxy) is 2. The summed E-state index contributed by atoms with van der Waals surface area (Å²) in [7, 11) is 0. The molecule has 0 aromatic carbocycles. The van der Waals surface area contributed by atoms with E-state index in [2.05, 4.69) is 5.32 Å². The first-order valence-electron chi connectivity index (χ1n) is 7.57. The van der Waals surface area contributed by atoms with Crippen LogP contribution in [0.15, 0.2) is 0 Å². The Bertz CT molecular complexity index is 313. The van der Waals surface area contributed by atoms with Gasteiger partial charge in [-0.3, -0.25) is 4.79 Å². The Balaban J connectivity index is 1.41. The minimum atomic E-state index is -0.379. The molecule has 1 amide bonds. The van der Waals surface area contributed by atoms with Crippen LogP contribution in [-0.4, -0.2) is 55.5 Å². The number of carbonyl (C=O) groups is 1. The molecule has 0 unspecified atom stereocenters. The second kappa shape index (κ2) is 5.77. The van der Waals surface area contributed by atoms with Gasteiger partial charge < -0.3 is 19.7 Å². The fourth-order valence-electron chi connectivity index (χ4n) is 3.36. The van der Waals surface area contributed by atoms with Crippen LogP contribution in [0.2, 0.25) is 0 Å². The molecule has 19 heavy (non-hydrogen) atoms. The van der Waals surface area contributed by atoms with Gasteiger partial charge in [0.1, 0.15) is 0 Å². The summed E-state index contributed by atoms with van der Waals surface area (Å²) in [5.41, 5.74) is 0. The quantitative estimate of drug-likeness (QED) is 0.825. The van der Waals surface area contributed by atoms with Crippen molar-refractivity contribution in [3.05, 3.63) is 0 Å². The summed E-state index contributed by atoms with van der Waals surface area (Å²) >= 11 is 0. The molecule has 0 aromatic rings. The maximum absolute atomic E-state index is 12.1. The van der Waals surface area contributed by atoms with Gasteiger partial charge in [-0.1, -0.05) is 12.8 Å². The molecule has 0 aromatic heterocycles. The summed E-state index contributed by atoms with van der Waals surface area (Å²) < 4.78 is 11.3. The monoisotopic (exact) mass is 268 g/mol. The predicted octanol–water partition coefficient (Wildman–Crippen LogP) is 0.884. The van der Waals surface area contributed by atoms with E-state index in [-0.39, 0.29) is 11.7 Å². The molecule has 2 aliphatic heterocycles. The van der Waals surface area contributed by atoms with Crippen LogP contribution < -0.4 is 5.32 Å². The lowest BCUT2D eigenvalue weighted by molar-refractivity contribution is -0.187. The fourth-order valence-corrected chi connectivity index (χ4v) is 3.36. The number of hydrogen-bond donors (Lipinski definition) is 1. The van der Waals surface area contributed by atoms with Gasteiger partial charge in [-0.2, -0.15) is 0 Å². The van der Waals surface area contributed by atoms with Crippen molar-refractivity contribution in [2.45, 2.75) is 50.4 Å². The Labute approximate surface area is 114 Å². The minimum Gasteiger partial charge on any atom is -0.347 e. The van der Waals surface area contributed by atoms with Crippen molar-refractivity contribution in [1.82, 2.24) is 10.2 Å². The Kier molecular flexibility index (Phi) is 4.05. The minimum absolute atomic E-state index is 0.222. The normalized spacial score (nSPS) is 27.3. The second-order valence-corrected chi connectivity index (χ2v) is 5.85. The van der Waals surface area contributed by atoms with Crippen LogP contribution in [0.3, 0.4) is 0 Å². The number of rotatable bonds is 3. The molecule has 1 aliphatic carbocycles. The van der Waals surface area contributed by atoms with Crippen LogP contribution in [0.25, 0.3) is 0 Å². The molecule has 5 nitrogen and oxygen atoms in total. The summed E-state index contributed by atoms with van der Waals surface area (Å²) in [5, 5.41) is 3.39. The molecular weight excluding hydrogens is 244 g/mol. The molecule has 1 spiro atoms. The summed E-state index contributed by atoms with van der Waals surface area (Å²) in [6.45, 7) is 3.38. The van der Waals surface area contributed by atoms with E-state index in [1.165, 1.54) is 25.7 Å². The number of nitrogens with zero attached hydrogens (tertiary/aromatic N) is 1. The molecule has 2 heterocycles. The molecule has 0 bridgehead atoms. The Morgan fingerprint density at radius 2 is 1.79 bits per heavy atom. The van der Waals surface area contributed by atoms with Gasteiger partial charge in [0.2, 0.25) is 5.91 Å². The average molecular weight is 268 g/mol. The largest absolute Gasteiger partial charge is 0.347 e. The van der Waals surface area contributed by atoms with Crippen LogP contribution >= 0.6 is 0 Å². The van der Waals surface area contributed by atoms with Gasteiger partial charge in [0.25, 0.3) is 0 Å². The van der Waals surface area contributed by atoms with Crippen molar-refractivity contribution >= 4 is 5.91 Å². The zero-order valence-corrected chi connectivity index (χ0v) is 11.5. The van der Waals surface area contributed by atoms with Gasteiger partial charge in [0, 0.05) is 32.0 Å². The molecule has 3 rings (SSSR count). The Morgan fingerprint density at radius 3 is 2.42 bits per heavy atom. The van der Waals surface area contributed by atoms with Gasteiger partial charge >= 0.3 is 0 Å². The smallest absolute Gasteiger partial charge is 0.236 e. The van der Waals surface area contributed by atoms with E-state index in [1.54, 1.807) is 0 Å². The van der Waals surface area contributed by atoms with Crippen molar-refractivity contribution < 1.29 is 14.3 Å². The van der Waals surface area contributed by atoms with Crippen LogP contribution in [0.1, 0.15) is 38.5 Å². The zero-order valence-electron chi connectivity index (χ0n) is 11.5. The maximum Gasteiger partial charge on any atom is 0.236 e. The van der Waals surface area contributed by atoms with Gasteiger partial charge in [0.05, 0.1) is 19.8 Å². The van der Waals surface area contributed by atoms with E-state index in [1.807, 2.05) is 4.90 Å². The molecule has 0 radical (unpaired) electrons. The van der Waals surface area contributed by atoms with Gasteiger partial charge in [-0.25, -0.2) is 0 Å². The standard InChI is InChI=1S/C14H24N2O3/c17-13(11-15-12-3-1-2-4-12)16-7-5-14(6-8-16)18-9-10-19-14/h12,15H,1-11H2. The highest BCUT2D eigenvalue weighted by Gasteiger charge is 2.40. The van der Waals surface area contributed by atoms with Crippen LogP contribution in [-0.2, 0) is 14.3 Å². The molecule has 3 aliphatic rings. The van der Waals surface area contributed by atoms with Crippen LogP contribution in [0.5, 0.6) is 0 Å². The number of likely N-dealkylation sites (tertiary alicyclic amines) is 1. The van der Waals surface area contributed by atoms with E-state index < -0.39 is 0 Å². The molecule has 108 valence electrons. The number of amides is 1. The van der Waals surface area contributed by atoms with E-state index in [0.29, 0.717) is 25.8 Å². The molecule has 2 saturated heterocycles. The maximum atomic E-state index is 12.1. The third-order valence-corrected chi connectivity index (χ3v) is 4.59. The first-order chi connectivity index (χ1) is 9.27. The number of nitrogens with one attached hydrogen (secondary N) is 1. The first kappa shape index (κ1) is 13.3. The van der Waals surface area contributed by atoms with Gasteiger partial charge in [0.15, 0.2) is 5.79 Å². The van der Waals surface area contributed by atoms with E-state index in [9.17, 15) is 4.79 Å². The lowest BCUT2D eigenvalue weighted by Gasteiger charge is -2.37. The summed E-state index contributed by atoms with van der Waals surface area (Å²) in [4.78, 5) is 14.1. The zero-order chi connectivity index (χ0) is 13.1.